The van der Waals surface area contributed by atoms with Crippen molar-refractivity contribution in [3.05, 3.63) is 58.5 Å². The van der Waals surface area contributed by atoms with Crippen LogP contribution in [0.2, 0.25) is 0 Å². The highest BCUT2D eigenvalue weighted by Gasteiger charge is 2.28. The molecule has 2 atom stereocenters. The van der Waals surface area contributed by atoms with Gasteiger partial charge in [-0.15, -0.1) is 0 Å². The third kappa shape index (κ3) is 3.42. The highest BCUT2D eigenvalue weighted by atomic mass is 79.9. The first-order valence-corrected chi connectivity index (χ1v) is 8.28. The number of carbonyl (C=O) groups is 1. The first-order chi connectivity index (χ1) is 10.6. The van der Waals surface area contributed by atoms with Crippen LogP contribution in [0.15, 0.2) is 51.6 Å². The average Bonchev–Trinajstić information content (AvgIpc) is 3.16. The third-order valence-electron chi connectivity index (χ3n) is 4.18. The molecule has 116 valence electrons. The Morgan fingerprint density at radius 1 is 1.32 bits per heavy atom. The van der Waals surface area contributed by atoms with Crippen molar-refractivity contribution in [1.82, 2.24) is 10.2 Å². The van der Waals surface area contributed by atoms with Crippen LogP contribution in [0.1, 0.15) is 35.5 Å². The maximum atomic E-state index is 12.1. The molecule has 1 aliphatic heterocycles. The van der Waals surface area contributed by atoms with E-state index in [2.05, 4.69) is 57.3 Å². The summed E-state index contributed by atoms with van der Waals surface area (Å²) in [5.74, 6) is 0.200. The summed E-state index contributed by atoms with van der Waals surface area (Å²) in [7, 11) is 0. The zero-order valence-electron chi connectivity index (χ0n) is 12.5. The molecule has 2 heterocycles. The van der Waals surface area contributed by atoms with E-state index in [9.17, 15) is 4.79 Å². The lowest BCUT2D eigenvalue weighted by molar-refractivity contribution is 0.0907. The second-order valence-corrected chi connectivity index (χ2v) is 6.43. The van der Waals surface area contributed by atoms with Gasteiger partial charge in [0.25, 0.3) is 5.91 Å². The first kappa shape index (κ1) is 15.3. The predicted octanol–water partition coefficient (Wildman–Crippen LogP) is 3.61. The summed E-state index contributed by atoms with van der Waals surface area (Å²) in [6.07, 6.45) is 0.963. The summed E-state index contributed by atoms with van der Waals surface area (Å²) in [4.78, 5) is 14.5. The zero-order chi connectivity index (χ0) is 15.5. The molecule has 1 fully saturated rings. The van der Waals surface area contributed by atoms with E-state index in [1.54, 1.807) is 12.1 Å². The van der Waals surface area contributed by atoms with Crippen molar-refractivity contribution in [2.45, 2.75) is 25.4 Å². The fraction of sp³-hybridized carbons (Fsp3) is 0.353. The molecule has 1 amide bonds. The summed E-state index contributed by atoms with van der Waals surface area (Å²) in [6.45, 7) is 4.07. The number of nitrogens with zero attached hydrogens (tertiary/aromatic N) is 1. The number of furan rings is 1. The van der Waals surface area contributed by atoms with E-state index < -0.39 is 0 Å². The summed E-state index contributed by atoms with van der Waals surface area (Å²) in [5.41, 5.74) is 1.31. The molecule has 22 heavy (non-hydrogen) atoms. The molecule has 0 unspecified atom stereocenters. The van der Waals surface area contributed by atoms with Crippen molar-refractivity contribution < 1.29 is 9.21 Å². The number of benzene rings is 1. The second-order valence-electron chi connectivity index (χ2n) is 5.64. The monoisotopic (exact) mass is 362 g/mol. The predicted molar refractivity (Wildman–Crippen MR) is 88.7 cm³/mol. The highest BCUT2D eigenvalue weighted by Crippen LogP contribution is 2.24. The van der Waals surface area contributed by atoms with Crippen LogP contribution in [0.3, 0.4) is 0 Å². The Morgan fingerprint density at radius 3 is 2.77 bits per heavy atom. The molecule has 0 radical (unpaired) electrons. The number of amides is 1. The lowest BCUT2D eigenvalue weighted by atomic mass is 10.1. The molecule has 4 nitrogen and oxygen atoms in total. The molecule has 0 spiro atoms. The molecule has 1 saturated heterocycles. The quantitative estimate of drug-likeness (QED) is 0.903. The van der Waals surface area contributed by atoms with E-state index in [1.165, 1.54) is 5.56 Å². The number of halogens is 1. The van der Waals surface area contributed by atoms with Gasteiger partial charge < -0.3 is 9.73 Å². The number of carbonyl (C=O) groups excluding carboxylic acids is 1. The molecular weight excluding hydrogens is 344 g/mol. The Kier molecular flexibility index (Phi) is 4.64. The van der Waals surface area contributed by atoms with E-state index in [1.807, 2.05) is 6.07 Å². The van der Waals surface area contributed by atoms with Crippen LogP contribution in [0.25, 0.3) is 0 Å². The van der Waals surface area contributed by atoms with Crippen LogP contribution in [-0.2, 0) is 0 Å². The summed E-state index contributed by atoms with van der Waals surface area (Å²) < 4.78 is 5.86. The molecule has 0 saturated carbocycles. The second kappa shape index (κ2) is 6.67. The minimum absolute atomic E-state index is 0.148. The van der Waals surface area contributed by atoms with E-state index >= 15 is 0 Å². The van der Waals surface area contributed by atoms with Gasteiger partial charge in [-0.05, 0) is 47.0 Å². The minimum Gasteiger partial charge on any atom is -0.444 e. The van der Waals surface area contributed by atoms with Gasteiger partial charge >= 0.3 is 0 Å². The van der Waals surface area contributed by atoms with Gasteiger partial charge in [0.05, 0.1) is 0 Å². The highest BCUT2D eigenvalue weighted by molar-refractivity contribution is 9.10. The molecule has 1 aliphatic rings. The Morgan fingerprint density at radius 2 is 2.09 bits per heavy atom. The molecule has 1 N–H and O–H groups in total. The minimum atomic E-state index is -0.148. The SMILES string of the molecule is C[C@H](c1ccccc1)N1CC[C@@H](NC(=O)c2ccc(Br)o2)C1. The van der Waals surface area contributed by atoms with Gasteiger partial charge in [-0.1, -0.05) is 30.3 Å². The van der Waals surface area contributed by atoms with Gasteiger partial charge in [0.15, 0.2) is 10.4 Å². The van der Waals surface area contributed by atoms with Crippen molar-refractivity contribution in [2.75, 3.05) is 13.1 Å². The fourth-order valence-electron chi connectivity index (χ4n) is 2.89. The van der Waals surface area contributed by atoms with Crippen LogP contribution < -0.4 is 5.32 Å². The van der Waals surface area contributed by atoms with Crippen LogP contribution >= 0.6 is 15.9 Å². The molecular formula is C17H19BrN2O2. The largest absolute Gasteiger partial charge is 0.444 e. The molecule has 1 aromatic carbocycles. The summed E-state index contributed by atoms with van der Waals surface area (Å²) >= 11 is 3.21. The van der Waals surface area contributed by atoms with Gasteiger partial charge in [-0.3, -0.25) is 9.69 Å². The molecule has 0 aliphatic carbocycles. The van der Waals surface area contributed by atoms with E-state index in [0.29, 0.717) is 16.5 Å². The van der Waals surface area contributed by atoms with Crippen molar-refractivity contribution in [1.29, 1.82) is 0 Å². The number of rotatable bonds is 4. The number of nitrogens with one attached hydrogen (secondary N) is 1. The van der Waals surface area contributed by atoms with Gasteiger partial charge in [-0.25, -0.2) is 0 Å². The Hall–Kier alpha value is -1.59. The smallest absolute Gasteiger partial charge is 0.287 e. The van der Waals surface area contributed by atoms with Gasteiger partial charge in [0, 0.05) is 25.2 Å². The van der Waals surface area contributed by atoms with E-state index in [4.69, 9.17) is 4.42 Å². The maximum Gasteiger partial charge on any atom is 0.287 e. The summed E-state index contributed by atoms with van der Waals surface area (Å²) in [6, 6.07) is 14.4. The maximum absolute atomic E-state index is 12.1. The first-order valence-electron chi connectivity index (χ1n) is 7.48. The standard InChI is InChI=1S/C17H19BrN2O2/c1-12(13-5-3-2-4-6-13)20-10-9-14(11-20)19-17(21)15-7-8-16(18)22-15/h2-8,12,14H,9-11H2,1H3,(H,19,21)/t12-,14-/m1/s1. The Balaban J connectivity index is 1.57. The van der Waals surface area contributed by atoms with Crippen LogP contribution in [0.4, 0.5) is 0 Å². The third-order valence-corrected chi connectivity index (χ3v) is 4.61. The van der Waals surface area contributed by atoms with Crippen molar-refractivity contribution in [3.8, 4) is 0 Å². The molecule has 1 aromatic heterocycles. The number of likely N-dealkylation sites (tertiary alicyclic amines) is 1. The molecule has 0 bridgehead atoms. The normalized spacial score (nSPS) is 20.0. The topological polar surface area (TPSA) is 45.5 Å². The van der Waals surface area contributed by atoms with Gasteiger partial charge in [0.1, 0.15) is 0 Å². The van der Waals surface area contributed by atoms with Gasteiger partial charge in [-0.2, -0.15) is 0 Å². The lowest BCUT2D eigenvalue weighted by Gasteiger charge is -2.24. The Bertz CT molecular complexity index is 641. The number of hydrogen-bond acceptors (Lipinski definition) is 3. The van der Waals surface area contributed by atoms with Crippen molar-refractivity contribution in [3.63, 3.8) is 0 Å². The van der Waals surface area contributed by atoms with Crippen LogP contribution in [-0.4, -0.2) is 29.9 Å². The zero-order valence-corrected chi connectivity index (χ0v) is 14.0. The van der Waals surface area contributed by atoms with Crippen molar-refractivity contribution in [2.24, 2.45) is 0 Å². The van der Waals surface area contributed by atoms with E-state index in [-0.39, 0.29) is 11.9 Å². The Labute approximate surface area is 138 Å². The molecule has 3 rings (SSSR count). The van der Waals surface area contributed by atoms with E-state index in [0.717, 1.165) is 19.5 Å². The average molecular weight is 363 g/mol. The molecule has 2 aromatic rings. The van der Waals surface area contributed by atoms with Crippen molar-refractivity contribution >= 4 is 21.8 Å². The van der Waals surface area contributed by atoms with Crippen LogP contribution in [0.5, 0.6) is 0 Å². The number of hydrogen-bond donors (Lipinski definition) is 1. The summed E-state index contributed by atoms with van der Waals surface area (Å²) in [5, 5.41) is 3.05. The van der Waals surface area contributed by atoms with Crippen LogP contribution in [0, 0.1) is 0 Å². The lowest BCUT2D eigenvalue weighted by Crippen LogP contribution is -2.37. The molecule has 5 heteroatoms. The fourth-order valence-corrected chi connectivity index (χ4v) is 3.20. The van der Waals surface area contributed by atoms with Gasteiger partial charge in [0.2, 0.25) is 0 Å².